The van der Waals surface area contributed by atoms with Crippen molar-refractivity contribution >= 4 is 11.6 Å². The summed E-state index contributed by atoms with van der Waals surface area (Å²) < 4.78 is 0. The third-order valence-electron chi connectivity index (χ3n) is 2.36. The number of ketones is 2. The van der Waals surface area contributed by atoms with Crippen LogP contribution in [0.15, 0.2) is 18.6 Å². The molecule has 0 amide bonds. The summed E-state index contributed by atoms with van der Waals surface area (Å²) in [5, 5.41) is 0. The first-order valence-corrected chi connectivity index (χ1v) is 5.18. The van der Waals surface area contributed by atoms with Crippen LogP contribution in [-0.4, -0.2) is 21.5 Å². The smallest absolute Gasteiger partial charge is 0.191 e. The van der Waals surface area contributed by atoms with Crippen LogP contribution < -0.4 is 0 Å². The van der Waals surface area contributed by atoms with Gasteiger partial charge >= 0.3 is 0 Å². The number of carbonyl (C=O) groups is 2. The quantitative estimate of drug-likeness (QED) is 0.576. The molecule has 0 bridgehead atoms. The summed E-state index contributed by atoms with van der Waals surface area (Å²) in [7, 11) is 0. The lowest BCUT2D eigenvalue weighted by molar-refractivity contribution is -0.128. The van der Waals surface area contributed by atoms with Crippen LogP contribution >= 0.6 is 0 Å². The first-order chi connectivity index (χ1) is 7.34. The molecule has 86 valence electrons. The minimum atomic E-state index is -0.658. The van der Waals surface area contributed by atoms with Crippen molar-refractivity contribution < 1.29 is 9.59 Å². The van der Waals surface area contributed by atoms with Crippen molar-refractivity contribution in [3.8, 4) is 0 Å². The number of Topliss-reactive ketones (excluding diaryl/α,β-unsaturated/α-hetero) is 2. The maximum Gasteiger partial charge on any atom is 0.191 e. The molecule has 0 N–H and O–H groups in total. The minimum Gasteiger partial charge on any atom is -0.298 e. The molecule has 0 radical (unpaired) electrons. The van der Waals surface area contributed by atoms with Gasteiger partial charge in [0.25, 0.3) is 0 Å². The SMILES string of the molecule is CC(C(=O)c1ccncn1)C(=O)C(C)(C)C. The van der Waals surface area contributed by atoms with Gasteiger partial charge in [0.1, 0.15) is 17.8 Å². The van der Waals surface area contributed by atoms with E-state index in [9.17, 15) is 9.59 Å². The van der Waals surface area contributed by atoms with Gasteiger partial charge in [0.2, 0.25) is 0 Å². The summed E-state index contributed by atoms with van der Waals surface area (Å²) >= 11 is 0. The minimum absolute atomic E-state index is 0.0730. The van der Waals surface area contributed by atoms with Crippen molar-refractivity contribution in [2.75, 3.05) is 0 Å². The number of nitrogens with zero attached hydrogens (tertiary/aromatic N) is 2. The van der Waals surface area contributed by atoms with Gasteiger partial charge in [-0.2, -0.15) is 0 Å². The molecule has 1 rings (SSSR count). The number of hydrogen-bond acceptors (Lipinski definition) is 4. The molecule has 1 atom stereocenters. The zero-order chi connectivity index (χ0) is 12.3. The highest BCUT2D eigenvalue weighted by Crippen LogP contribution is 2.21. The van der Waals surface area contributed by atoms with E-state index in [0.717, 1.165) is 0 Å². The summed E-state index contributed by atoms with van der Waals surface area (Å²) in [6.07, 6.45) is 2.80. The molecule has 0 aromatic carbocycles. The van der Waals surface area contributed by atoms with E-state index >= 15 is 0 Å². The Balaban J connectivity index is 2.88. The summed E-state index contributed by atoms with van der Waals surface area (Å²) in [5.74, 6) is -0.978. The predicted octanol–water partition coefficient (Wildman–Crippen LogP) is 1.91. The maximum absolute atomic E-state index is 11.9. The van der Waals surface area contributed by atoms with E-state index in [1.165, 1.54) is 18.6 Å². The molecule has 0 aliphatic heterocycles. The first-order valence-electron chi connectivity index (χ1n) is 5.18. The second-order valence-corrected chi connectivity index (χ2v) is 4.79. The van der Waals surface area contributed by atoms with Gasteiger partial charge in [-0.15, -0.1) is 0 Å². The van der Waals surface area contributed by atoms with Crippen LogP contribution in [0.4, 0.5) is 0 Å². The molecule has 1 heterocycles. The van der Waals surface area contributed by atoms with Crippen molar-refractivity contribution in [2.24, 2.45) is 11.3 Å². The Morgan fingerprint density at radius 3 is 2.38 bits per heavy atom. The Hall–Kier alpha value is -1.58. The van der Waals surface area contributed by atoms with E-state index in [0.29, 0.717) is 5.69 Å². The zero-order valence-corrected chi connectivity index (χ0v) is 10.0. The molecule has 0 saturated carbocycles. The van der Waals surface area contributed by atoms with Gasteiger partial charge in [-0.25, -0.2) is 9.97 Å². The van der Waals surface area contributed by atoms with Crippen LogP contribution in [0.1, 0.15) is 38.2 Å². The summed E-state index contributed by atoms with van der Waals surface area (Å²) in [4.78, 5) is 31.4. The number of hydrogen-bond donors (Lipinski definition) is 0. The summed E-state index contributed by atoms with van der Waals surface area (Å²) in [5.41, 5.74) is -0.220. The highest BCUT2D eigenvalue weighted by Gasteiger charge is 2.31. The largest absolute Gasteiger partial charge is 0.298 e. The normalized spacial score (nSPS) is 13.2. The monoisotopic (exact) mass is 220 g/mol. The lowest BCUT2D eigenvalue weighted by Crippen LogP contribution is -2.32. The average Bonchev–Trinajstić information content (AvgIpc) is 2.26. The molecule has 1 aromatic heterocycles. The Kier molecular flexibility index (Phi) is 3.52. The lowest BCUT2D eigenvalue weighted by Gasteiger charge is -2.20. The third-order valence-corrected chi connectivity index (χ3v) is 2.36. The van der Waals surface area contributed by atoms with Crippen molar-refractivity contribution in [2.45, 2.75) is 27.7 Å². The van der Waals surface area contributed by atoms with Crippen molar-refractivity contribution in [1.29, 1.82) is 0 Å². The number of carbonyl (C=O) groups excluding carboxylic acids is 2. The fourth-order valence-electron chi connectivity index (χ4n) is 1.43. The van der Waals surface area contributed by atoms with Gasteiger partial charge in [0, 0.05) is 11.6 Å². The highest BCUT2D eigenvalue weighted by atomic mass is 16.2. The van der Waals surface area contributed by atoms with Crippen LogP contribution in [0.2, 0.25) is 0 Å². The first kappa shape index (κ1) is 12.5. The molecule has 0 aliphatic rings. The van der Waals surface area contributed by atoms with E-state index in [1.807, 2.05) is 0 Å². The van der Waals surface area contributed by atoms with Gasteiger partial charge in [-0.1, -0.05) is 20.8 Å². The van der Waals surface area contributed by atoms with Crippen molar-refractivity contribution in [3.05, 3.63) is 24.3 Å². The molecule has 1 aromatic rings. The summed E-state index contributed by atoms with van der Waals surface area (Å²) in [6, 6.07) is 1.52. The van der Waals surface area contributed by atoms with Gasteiger partial charge in [0.05, 0.1) is 5.92 Å². The Morgan fingerprint density at radius 2 is 1.94 bits per heavy atom. The van der Waals surface area contributed by atoms with Crippen molar-refractivity contribution in [3.63, 3.8) is 0 Å². The molecular weight excluding hydrogens is 204 g/mol. The average molecular weight is 220 g/mol. The second-order valence-electron chi connectivity index (χ2n) is 4.79. The molecule has 0 aliphatic carbocycles. The van der Waals surface area contributed by atoms with E-state index in [1.54, 1.807) is 27.7 Å². The molecule has 0 saturated heterocycles. The van der Waals surface area contributed by atoms with E-state index in [-0.39, 0.29) is 11.6 Å². The molecule has 0 spiro atoms. The third kappa shape index (κ3) is 2.72. The molecule has 0 fully saturated rings. The summed E-state index contributed by atoms with van der Waals surface area (Å²) in [6.45, 7) is 7.04. The van der Waals surface area contributed by atoms with E-state index < -0.39 is 11.3 Å². The topological polar surface area (TPSA) is 59.9 Å². The number of rotatable bonds is 3. The molecule has 1 unspecified atom stereocenters. The highest BCUT2D eigenvalue weighted by molar-refractivity contribution is 6.10. The Morgan fingerprint density at radius 1 is 1.31 bits per heavy atom. The standard InChI is InChI=1S/C12H16N2O2/c1-8(11(16)12(2,3)4)10(15)9-5-6-13-7-14-9/h5-8H,1-4H3. The van der Waals surface area contributed by atoms with Crippen LogP contribution in [0.5, 0.6) is 0 Å². The Bertz CT molecular complexity index is 393. The molecule has 4 nitrogen and oxygen atoms in total. The lowest BCUT2D eigenvalue weighted by atomic mass is 9.81. The van der Waals surface area contributed by atoms with Gasteiger partial charge in [-0.05, 0) is 13.0 Å². The van der Waals surface area contributed by atoms with Gasteiger partial charge in [-0.3, -0.25) is 9.59 Å². The predicted molar refractivity (Wildman–Crippen MR) is 60.0 cm³/mol. The second kappa shape index (κ2) is 4.51. The molecule has 16 heavy (non-hydrogen) atoms. The Labute approximate surface area is 95.1 Å². The van der Waals surface area contributed by atoms with Crippen LogP contribution in [0.3, 0.4) is 0 Å². The number of aromatic nitrogens is 2. The van der Waals surface area contributed by atoms with Crippen LogP contribution in [0, 0.1) is 11.3 Å². The maximum atomic E-state index is 11.9. The van der Waals surface area contributed by atoms with Crippen LogP contribution in [-0.2, 0) is 4.79 Å². The van der Waals surface area contributed by atoms with Crippen molar-refractivity contribution in [1.82, 2.24) is 9.97 Å². The fraction of sp³-hybridized carbons (Fsp3) is 0.500. The fourth-order valence-corrected chi connectivity index (χ4v) is 1.43. The zero-order valence-electron chi connectivity index (χ0n) is 10.0. The molecule has 4 heteroatoms. The van der Waals surface area contributed by atoms with Gasteiger partial charge in [0.15, 0.2) is 5.78 Å². The van der Waals surface area contributed by atoms with E-state index in [2.05, 4.69) is 9.97 Å². The van der Waals surface area contributed by atoms with Gasteiger partial charge < -0.3 is 0 Å². The van der Waals surface area contributed by atoms with E-state index in [4.69, 9.17) is 0 Å². The molecular formula is C12H16N2O2. The van der Waals surface area contributed by atoms with Crippen LogP contribution in [0.25, 0.3) is 0 Å².